The van der Waals surface area contributed by atoms with Crippen LogP contribution in [0, 0.1) is 17.0 Å². The first-order chi connectivity index (χ1) is 12.6. The summed E-state index contributed by atoms with van der Waals surface area (Å²) in [4.78, 5) is 15.4. The number of hydrogen-bond acceptors (Lipinski definition) is 5. The second-order valence-electron chi connectivity index (χ2n) is 5.83. The van der Waals surface area contributed by atoms with Gasteiger partial charge in [-0.15, -0.1) is 11.3 Å². The largest absolute Gasteiger partial charge is 0.456 e. The van der Waals surface area contributed by atoms with E-state index in [0.717, 1.165) is 15.2 Å². The van der Waals surface area contributed by atoms with Crippen molar-refractivity contribution in [2.45, 2.75) is 6.92 Å². The Morgan fingerprint density at radius 2 is 1.96 bits per heavy atom. The van der Waals surface area contributed by atoms with E-state index in [1.165, 1.54) is 11.6 Å². The molecule has 0 fully saturated rings. The molecule has 0 radical (unpaired) electrons. The van der Waals surface area contributed by atoms with Gasteiger partial charge in [0.1, 0.15) is 16.5 Å². The number of benzene rings is 2. The molecule has 26 heavy (non-hydrogen) atoms. The molecule has 2 aromatic carbocycles. The average molecular weight is 362 g/mol. The van der Waals surface area contributed by atoms with Gasteiger partial charge in [0.05, 0.1) is 20.7 Å². The van der Waals surface area contributed by atoms with Crippen molar-refractivity contribution in [1.29, 1.82) is 0 Å². The molecule has 6 heteroatoms. The Hall–Kier alpha value is -3.25. The maximum atomic E-state index is 11.2. The standard InChI is InChI=1S/C20H14N2O3S/c1-13-6-10-19-16(12-13)21-20(26-19)11-8-14-7-9-18(25-14)15-4-2-3-5-17(15)22(23)24/h2-12H,1H3/b11-8+. The molecule has 0 saturated heterocycles. The Bertz CT molecular complexity index is 1140. The minimum Gasteiger partial charge on any atom is -0.456 e. The Kier molecular flexibility index (Phi) is 4.10. The molecule has 4 aromatic rings. The second kappa shape index (κ2) is 6.57. The van der Waals surface area contributed by atoms with Crippen molar-refractivity contribution in [2.75, 3.05) is 0 Å². The van der Waals surface area contributed by atoms with Crippen LogP contribution in [0.3, 0.4) is 0 Å². The maximum absolute atomic E-state index is 11.2. The highest BCUT2D eigenvalue weighted by Gasteiger charge is 2.16. The molecule has 0 atom stereocenters. The van der Waals surface area contributed by atoms with Gasteiger partial charge in [-0.2, -0.15) is 0 Å². The maximum Gasteiger partial charge on any atom is 0.280 e. The van der Waals surface area contributed by atoms with Gasteiger partial charge in [0, 0.05) is 6.07 Å². The first-order valence-corrected chi connectivity index (χ1v) is 8.81. The van der Waals surface area contributed by atoms with Gasteiger partial charge in [-0.05, 0) is 55.0 Å². The molecule has 128 valence electrons. The van der Waals surface area contributed by atoms with Crippen LogP contribution in [-0.2, 0) is 0 Å². The second-order valence-corrected chi connectivity index (χ2v) is 6.90. The summed E-state index contributed by atoms with van der Waals surface area (Å²) in [5.41, 5.74) is 2.65. The van der Waals surface area contributed by atoms with E-state index in [-0.39, 0.29) is 5.69 Å². The van der Waals surface area contributed by atoms with Gasteiger partial charge in [0.25, 0.3) is 5.69 Å². The van der Waals surface area contributed by atoms with Crippen LogP contribution in [0.15, 0.2) is 59.0 Å². The van der Waals surface area contributed by atoms with E-state index in [4.69, 9.17) is 4.42 Å². The zero-order valence-electron chi connectivity index (χ0n) is 13.9. The first kappa shape index (κ1) is 16.2. The van der Waals surface area contributed by atoms with E-state index in [1.54, 1.807) is 41.7 Å². The van der Waals surface area contributed by atoms with Crippen LogP contribution >= 0.6 is 11.3 Å². The number of nitro groups is 1. The van der Waals surface area contributed by atoms with Crippen molar-refractivity contribution in [3.05, 3.63) is 81.0 Å². The van der Waals surface area contributed by atoms with Crippen LogP contribution in [0.4, 0.5) is 5.69 Å². The average Bonchev–Trinajstić information content (AvgIpc) is 3.26. The summed E-state index contributed by atoms with van der Waals surface area (Å²) in [6, 6.07) is 16.3. The van der Waals surface area contributed by atoms with Gasteiger partial charge < -0.3 is 4.42 Å². The van der Waals surface area contributed by atoms with Gasteiger partial charge in [0.2, 0.25) is 0 Å². The van der Waals surface area contributed by atoms with E-state index < -0.39 is 4.92 Å². The zero-order chi connectivity index (χ0) is 18.1. The number of aryl methyl sites for hydroxylation is 1. The van der Waals surface area contributed by atoms with Crippen molar-refractivity contribution in [2.24, 2.45) is 0 Å². The summed E-state index contributed by atoms with van der Waals surface area (Å²) in [7, 11) is 0. The molecule has 0 N–H and O–H groups in total. The van der Waals surface area contributed by atoms with Crippen molar-refractivity contribution in [3.8, 4) is 11.3 Å². The first-order valence-electron chi connectivity index (χ1n) is 7.99. The van der Waals surface area contributed by atoms with E-state index in [9.17, 15) is 10.1 Å². The fourth-order valence-electron chi connectivity index (χ4n) is 2.71. The summed E-state index contributed by atoms with van der Waals surface area (Å²) < 4.78 is 6.90. The number of nitro benzene ring substituents is 1. The lowest BCUT2D eigenvalue weighted by Crippen LogP contribution is -1.90. The topological polar surface area (TPSA) is 69.2 Å². The van der Waals surface area contributed by atoms with Crippen LogP contribution < -0.4 is 0 Å². The van der Waals surface area contributed by atoms with E-state index in [0.29, 0.717) is 17.1 Å². The lowest BCUT2D eigenvalue weighted by molar-refractivity contribution is -0.384. The lowest BCUT2D eigenvalue weighted by Gasteiger charge is -1.98. The van der Waals surface area contributed by atoms with E-state index >= 15 is 0 Å². The van der Waals surface area contributed by atoms with Crippen LogP contribution in [-0.4, -0.2) is 9.91 Å². The van der Waals surface area contributed by atoms with Gasteiger partial charge in [-0.1, -0.05) is 18.2 Å². The molecule has 0 aliphatic rings. The van der Waals surface area contributed by atoms with Gasteiger partial charge in [0.15, 0.2) is 0 Å². The zero-order valence-corrected chi connectivity index (χ0v) is 14.7. The molecule has 2 heterocycles. The van der Waals surface area contributed by atoms with Crippen molar-refractivity contribution in [1.82, 2.24) is 4.98 Å². The van der Waals surface area contributed by atoms with Crippen molar-refractivity contribution < 1.29 is 9.34 Å². The van der Waals surface area contributed by atoms with Gasteiger partial charge in [-0.25, -0.2) is 4.98 Å². The van der Waals surface area contributed by atoms with Crippen molar-refractivity contribution >= 4 is 39.4 Å². The van der Waals surface area contributed by atoms with Gasteiger partial charge >= 0.3 is 0 Å². The molecule has 0 aliphatic carbocycles. The van der Waals surface area contributed by atoms with Crippen LogP contribution in [0.25, 0.3) is 33.7 Å². The van der Waals surface area contributed by atoms with Crippen LogP contribution in [0.2, 0.25) is 0 Å². The summed E-state index contributed by atoms with van der Waals surface area (Å²) in [6.45, 7) is 2.04. The molecular weight excluding hydrogens is 348 g/mol. The predicted molar refractivity (Wildman–Crippen MR) is 104 cm³/mol. The highest BCUT2D eigenvalue weighted by molar-refractivity contribution is 7.19. The third-order valence-electron chi connectivity index (χ3n) is 3.94. The van der Waals surface area contributed by atoms with Gasteiger partial charge in [-0.3, -0.25) is 10.1 Å². The predicted octanol–water partition coefficient (Wildman–Crippen LogP) is 5.94. The Morgan fingerprint density at radius 1 is 1.12 bits per heavy atom. The monoisotopic (exact) mass is 362 g/mol. The summed E-state index contributed by atoms with van der Waals surface area (Å²) >= 11 is 1.61. The highest BCUT2D eigenvalue weighted by Crippen LogP contribution is 2.31. The summed E-state index contributed by atoms with van der Waals surface area (Å²) in [6.07, 6.45) is 3.71. The van der Waals surface area contributed by atoms with Crippen LogP contribution in [0.1, 0.15) is 16.3 Å². The van der Waals surface area contributed by atoms with Crippen LogP contribution in [0.5, 0.6) is 0 Å². The normalized spacial score (nSPS) is 11.4. The Morgan fingerprint density at radius 3 is 2.81 bits per heavy atom. The molecule has 0 unspecified atom stereocenters. The summed E-state index contributed by atoms with van der Waals surface area (Å²) in [5, 5.41) is 12.0. The summed E-state index contributed by atoms with van der Waals surface area (Å²) in [5.74, 6) is 1.09. The van der Waals surface area contributed by atoms with E-state index in [1.807, 2.05) is 19.1 Å². The number of nitrogens with zero attached hydrogens (tertiary/aromatic N) is 2. The molecule has 0 spiro atoms. The molecule has 2 aromatic heterocycles. The number of rotatable bonds is 4. The minimum atomic E-state index is -0.406. The minimum absolute atomic E-state index is 0.0268. The molecule has 0 aliphatic heterocycles. The number of aromatic nitrogens is 1. The molecule has 0 bridgehead atoms. The Labute approximate surface area is 153 Å². The molecule has 0 saturated carbocycles. The fraction of sp³-hybridized carbons (Fsp3) is 0.0500. The number of hydrogen-bond donors (Lipinski definition) is 0. The van der Waals surface area contributed by atoms with Crippen molar-refractivity contribution in [3.63, 3.8) is 0 Å². The Balaban J connectivity index is 1.62. The number of thiazole rings is 1. The third-order valence-corrected chi connectivity index (χ3v) is 4.94. The molecule has 4 rings (SSSR count). The SMILES string of the molecule is Cc1ccc2sc(/C=C/c3ccc(-c4ccccc4[N+](=O)[O-])o3)nc2c1. The highest BCUT2D eigenvalue weighted by atomic mass is 32.1. The molecular formula is C20H14N2O3S. The fourth-order valence-corrected chi connectivity index (χ4v) is 3.56. The third kappa shape index (κ3) is 3.14. The van der Waals surface area contributed by atoms with E-state index in [2.05, 4.69) is 23.2 Å². The number of fused-ring (bicyclic) bond motifs is 1. The lowest BCUT2D eigenvalue weighted by atomic mass is 10.1. The number of furan rings is 1. The number of para-hydroxylation sites is 1. The quantitative estimate of drug-likeness (QED) is 0.332. The smallest absolute Gasteiger partial charge is 0.280 e. The molecule has 5 nitrogen and oxygen atoms in total. The molecule has 0 amide bonds.